The Labute approximate surface area is 121 Å². The Bertz CT molecular complexity index is 433. The van der Waals surface area contributed by atoms with Gasteiger partial charge in [0.25, 0.3) is 0 Å². The summed E-state index contributed by atoms with van der Waals surface area (Å²) in [4.78, 5) is 12.0. The molecule has 0 radical (unpaired) electrons. The van der Waals surface area contributed by atoms with Gasteiger partial charge >= 0.3 is 0 Å². The topological polar surface area (TPSA) is 71.8 Å². The highest BCUT2D eigenvalue weighted by Gasteiger charge is 2.17. The van der Waals surface area contributed by atoms with Crippen molar-refractivity contribution in [2.45, 2.75) is 59.7 Å². The van der Waals surface area contributed by atoms with Crippen LogP contribution in [0.2, 0.25) is 0 Å². The van der Waals surface area contributed by atoms with Gasteiger partial charge in [0.1, 0.15) is 6.04 Å². The average molecular weight is 281 g/mol. The first-order chi connectivity index (χ1) is 9.19. The van der Waals surface area contributed by atoms with Crippen LogP contribution in [0.5, 0.6) is 0 Å². The van der Waals surface area contributed by atoms with Crippen LogP contribution in [0.4, 0.5) is 0 Å². The van der Waals surface area contributed by atoms with E-state index in [1.807, 2.05) is 13.1 Å². The highest BCUT2D eigenvalue weighted by Crippen LogP contribution is 2.07. The van der Waals surface area contributed by atoms with Crippen LogP contribution in [0, 0.1) is 5.92 Å². The van der Waals surface area contributed by atoms with E-state index in [0.717, 1.165) is 5.69 Å². The highest BCUT2D eigenvalue weighted by molar-refractivity contribution is 5.79. The maximum atomic E-state index is 12.0. The quantitative estimate of drug-likeness (QED) is 0.829. The Hall–Kier alpha value is -1.43. The summed E-state index contributed by atoms with van der Waals surface area (Å²) in [6.45, 7) is 13.6. The van der Waals surface area contributed by atoms with Crippen LogP contribution in [-0.2, 0) is 11.3 Å². The largest absolute Gasteiger partial charge is 0.354 e. The van der Waals surface area contributed by atoms with Crippen molar-refractivity contribution in [1.82, 2.24) is 25.6 Å². The van der Waals surface area contributed by atoms with Crippen LogP contribution < -0.4 is 10.6 Å². The summed E-state index contributed by atoms with van der Waals surface area (Å²) in [6, 6.07) is -0.343. The molecule has 0 bridgehead atoms. The van der Waals surface area contributed by atoms with Gasteiger partial charge in [0.15, 0.2) is 0 Å². The minimum Gasteiger partial charge on any atom is -0.354 e. The summed E-state index contributed by atoms with van der Waals surface area (Å²) in [5.74, 6) is 0.410. The predicted molar refractivity (Wildman–Crippen MR) is 79.2 cm³/mol. The average Bonchev–Trinajstić information content (AvgIpc) is 2.80. The fourth-order valence-electron chi connectivity index (χ4n) is 1.51. The van der Waals surface area contributed by atoms with E-state index in [-0.39, 0.29) is 17.5 Å². The van der Waals surface area contributed by atoms with Crippen molar-refractivity contribution in [3.63, 3.8) is 0 Å². The third-order valence-corrected chi connectivity index (χ3v) is 2.82. The van der Waals surface area contributed by atoms with Crippen molar-refractivity contribution in [1.29, 1.82) is 0 Å². The zero-order valence-electron chi connectivity index (χ0n) is 13.4. The second-order valence-corrected chi connectivity index (χ2v) is 6.61. The SMILES string of the molecule is CC(C)CNC(=O)C(C)n1cc(CNC(C)(C)C)nn1. The van der Waals surface area contributed by atoms with Crippen LogP contribution in [-0.4, -0.2) is 33.0 Å². The third kappa shape index (κ3) is 5.69. The predicted octanol–water partition coefficient (Wildman–Crippen LogP) is 1.50. The Balaban J connectivity index is 2.55. The van der Waals surface area contributed by atoms with Crippen molar-refractivity contribution in [2.75, 3.05) is 6.54 Å². The van der Waals surface area contributed by atoms with Crippen molar-refractivity contribution in [3.8, 4) is 0 Å². The summed E-state index contributed by atoms with van der Waals surface area (Å²) in [7, 11) is 0. The van der Waals surface area contributed by atoms with Gasteiger partial charge in [-0.3, -0.25) is 4.79 Å². The van der Waals surface area contributed by atoms with Gasteiger partial charge in [0.05, 0.1) is 11.9 Å². The van der Waals surface area contributed by atoms with E-state index in [4.69, 9.17) is 0 Å². The lowest BCUT2D eigenvalue weighted by molar-refractivity contribution is -0.124. The molecule has 0 spiro atoms. The molecule has 1 aromatic heterocycles. The molecule has 0 saturated carbocycles. The molecular weight excluding hydrogens is 254 g/mol. The smallest absolute Gasteiger partial charge is 0.244 e. The zero-order chi connectivity index (χ0) is 15.3. The van der Waals surface area contributed by atoms with Gasteiger partial charge in [-0.1, -0.05) is 19.1 Å². The molecule has 20 heavy (non-hydrogen) atoms. The molecule has 0 aliphatic rings. The molecule has 1 aromatic rings. The molecule has 0 fully saturated rings. The molecule has 0 aromatic carbocycles. The maximum absolute atomic E-state index is 12.0. The van der Waals surface area contributed by atoms with Crippen molar-refractivity contribution in [2.24, 2.45) is 5.92 Å². The number of carbonyl (C=O) groups is 1. The number of hydrogen-bond acceptors (Lipinski definition) is 4. The molecule has 1 rings (SSSR count). The van der Waals surface area contributed by atoms with Gasteiger partial charge in [-0.05, 0) is 33.6 Å². The lowest BCUT2D eigenvalue weighted by Gasteiger charge is -2.19. The van der Waals surface area contributed by atoms with Gasteiger partial charge in [-0.25, -0.2) is 4.68 Å². The summed E-state index contributed by atoms with van der Waals surface area (Å²) >= 11 is 0. The molecule has 0 aliphatic heterocycles. The molecule has 114 valence electrons. The Morgan fingerprint density at radius 2 is 2.00 bits per heavy atom. The van der Waals surface area contributed by atoms with E-state index in [9.17, 15) is 4.79 Å². The first-order valence-electron chi connectivity index (χ1n) is 7.12. The summed E-state index contributed by atoms with van der Waals surface area (Å²) < 4.78 is 1.61. The molecule has 6 heteroatoms. The summed E-state index contributed by atoms with van der Waals surface area (Å²) in [6.07, 6.45) is 1.82. The van der Waals surface area contributed by atoms with Gasteiger partial charge in [0.2, 0.25) is 5.91 Å². The van der Waals surface area contributed by atoms with E-state index in [1.54, 1.807) is 4.68 Å². The number of amides is 1. The van der Waals surface area contributed by atoms with Crippen LogP contribution in [0.3, 0.4) is 0 Å². The number of hydrogen-bond donors (Lipinski definition) is 2. The van der Waals surface area contributed by atoms with Crippen molar-refractivity contribution < 1.29 is 4.79 Å². The lowest BCUT2D eigenvalue weighted by Crippen LogP contribution is -2.35. The highest BCUT2D eigenvalue weighted by atomic mass is 16.2. The molecule has 0 saturated heterocycles. The fraction of sp³-hybridized carbons (Fsp3) is 0.786. The number of aromatic nitrogens is 3. The van der Waals surface area contributed by atoms with E-state index in [0.29, 0.717) is 19.0 Å². The van der Waals surface area contributed by atoms with Gasteiger partial charge < -0.3 is 10.6 Å². The summed E-state index contributed by atoms with van der Waals surface area (Å²) in [5, 5.41) is 14.4. The number of nitrogens with one attached hydrogen (secondary N) is 2. The van der Waals surface area contributed by atoms with Gasteiger partial charge in [0, 0.05) is 18.6 Å². The van der Waals surface area contributed by atoms with E-state index in [2.05, 4.69) is 55.6 Å². The molecule has 2 N–H and O–H groups in total. The minimum atomic E-state index is -0.343. The second-order valence-electron chi connectivity index (χ2n) is 6.61. The third-order valence-electron chi connectivity index (χ3n) is 2.82. The minimum absolute atomic E-state index is 0.0288. The molecule has 1 amide bonds. The van der Waals surface area contributed by atoms with Crippen molar-refractivity contribution >= 4 is 5.91 Å². The van der Waals surface area contributed by atoms with Crippen molar-refractivity contribution in [3.05, 3.63) is 11.9 Å². The van der Waals surface area contributed by atoms with E-state index < -0.39 is 0 Å². The molecule has 6 nitrogen and oxygen atoms in total. The molecule has 1 atom stereocenters. The van der Waals surface area contributed by atoms with Crippen LogP contribution in [0.25, 0.3) is 0 Å². The van der Waals surface area contributed by atoms with E-state index in [1.165, 1.54) is 0 Å². The molecular formula is C14H27N5O. The Kier molecular flexibility index (Phi) is 5.68. The lowest BCUT2D eigenvalue weighted by atomic mass is 10.1. The summed E-state index contributed by atoms with van der Waals surface area (Å²) in [5.41, 5.74) is 0.868. The number of nitrogens with zero attached hydrogens (tertiary/aromatic N) is 3. The van der Waals surface area contributed by atoms with Crippen LogP contribution in [0.1, 0.15) is 53.3 Å². The van der Waals surface area contributed by atoms with E-state index >= 15 is 0 Å². The molecule has 0 aliphatic carbocycles. The van der Waals surface area contributed by atoms with Gasteiger partial charge in [-0.2, -0.15) is 0 Å². The standard InChI is InChI=1S/C14H27N5O/c1-10(2)7-15-13(20)11(3)19-9-12(17-18-19)8-16-14(4,5)6/h9-11,16H,7-8H2,1-6H3,(H,15,20). The number of carbonyl (C=O) groups excluding carboxylic acids is 1. The first-order valence-corrected chi connectivity index (χ1v) is 7.12. The first kappa shape index (κ1) is 16.6. The maximum Gasteiger partial charge on any atom is 0.244 e. The second kappa shape index (κ2) is 6.83. The molecule has 1 unspecified atom stereocenters. The van der Waals surface area contributed by atoms with Crippen LogP contribution in [0.15, 0.2) is 6.20 Å². The van der Waals surface area contributed by atoms with Gasteiger partial charge in [-0.15, -0.1) is 5.10 Å². The Morgan fingerprint density at radius 1 is 1.35 bits per heavy atom. The number of rotatable bonds is 6. The zero-order valence-corrected chi connectivity index (χ0v) is 13.4. The van der Waals surface area contributed by atoms with Crippen LogP contribution >= 0.6 is 0 Å². The fourth-order valence-corrected chi connectivity index (χ4v) is 1.51. The monoisotopic (exact) mass is 281 g/mol. The molecule has 1 heterocycles. The Morgan fingerprint density at radius 3 is 2.55 bits per heavy atom. The normalized spacial score (nSPS) is 13.6.